The van der Waals surface area contributed by atoms with Gasteiger partial charge in [-0.25, -0.2) is 8.78 Å². The smallest absolute Gasteiger partial charge is 0.227 e. The van der Waals surface area contributed by atoms with Gasteiger partial charge in [0.05, 0.1) is 18.1 Å². The van der Waals surface area contributed by atoms with Gasteiger partial charge in [0.15, 0.2) is 0 Å². The van der Waals surface area contributed by atoms with Crippen molar-refractivity contribution in [3.05, 3.63) is 35.4 Å². The summed E-state index contributed by atoms with van der Waals surface area (Å²) < 4.78 is 26.4. The molecule has 0 heterocycles. The Morgan fingerprint density at radius 2 is 2.20 bits per heavy atom. The van der Waals surface area contributed by atoms with Gasteiger partial charge < -0.3 is 10.4 Å². The van der Waals surface area contributed by atoms with Crippen molar-refractivity contribution in [2.45, 2.75) is 31.4 Å². The van der Waals surface area contributed by atoms with Crippen molar-refractivity contribution in [1.82, 2.24) is 5.32 Å². The molecular weight excluding hydrogens is 266 g/mol. The predicted octanol–water partition coefficient (Wildman–Crippen LogP) is 1.81. The summed E-state index contributed by atoms with van der Waals surface area (Å²) in [6.07, 6.45) is 1.09. The van der Waals surface area contributed by atoms with Gasteiger partial charge in [-0.3, -0.25) is 4.79 Å². The minimum atomic E-state index is -1.20. The lowest BCUT2D eigenvalue weighted by Gasteiger charge is -2.18. The van der Waals surface area contributed by atoms with Crippen LogP contribution in [0.25, 0.3) is 0 Å². The molecule has 1 saturated carbocycles. The zero-order valence-corrected chi connectivity index (χ0v) is 10.6. The Morgan fingerprint density at radius 3 is 2.75 bits per heavy atom. The fourth-order valence-electron chi connectivity index (χ4n) is 2.41. The molecule has 0 bridgehead atoms. The van der Waals surface area contributed by atoms with E-state index in [0.29, 0.717) is 18.9 Å². The van der Waals surface area contributed by atoms with Crippen LogP contribution in [-0.4, -0.2) is 17.1 Å². The van der Waals surface area contributed by atoms with Crippen LogP contribution in [0.15, 0.2) is 18.2 Å². The van der Waals surface area contributed by atoms with Crippen molar-refractivity contribution in [1.29, 1.82) is 5.26 Å². The van der Waals surface area contributed by atoms with E-state index in [1.165, 1.54) is 0 Å². The summed E-state index contributed by atoms with van der Waals surface area (Å²) in [5.41, 5.74) is -0.0882. The number of amides is 1. The number of aliphatic hydroxyl groups is 1. The van der Waals surface area contributed by atoms with Gasteiger partial charge in [0.25, 0.3) is 0 Å². The Bertz CT molecular complexity index is 557. The minimum Gasteiger partial charge on any atom is -0.392 e. The first-order valence-electron chi connectivity index (χ1n) is 6.36. The lowest BCUT2D eigenvalue weighted by atomic mass is 10.0. The van der Waals surface area contributed by atoms with Crippen LogP contribution in [-0.2, 0) is 4.79 Å². The van der Waals surface area contributed by atoms with Crippen molar-refractivity contribution in [3.63, 3.8) is 0 Å². The molecule has 3 atom stereocenters. The molecule has 20 heavy (non-hydrogen) atoms. The van der Waals surface area contributed by atoms with E-state index in [4.69, 9.17) is 5.26 Å². The fraction of sp³-hybridized carbons (Fsp3) is 0.429. The molecule has 6 heteroatoms. The SMILES string of the molecule is N#CC(NC(=O)C1CCCC1O)c1ccc(F)cc1F. The highest BCUT2D eigenvalue weighted by Crippen LogP contribution is 2.27. The van der Waals surface area contributed by atoms with Crippen molar-refractivity contribution in [2.24, 2.45) is 5.92 Å². The second-order valence-corrected chi connectivity index (χ2v) is 4.84. The quantitative estimate of drug-likeness (QED) is 0.886. The topological polar surface area (TPSA) is 73.1 Å². The maximum Gasteiger partial charge on any atom is 0.227 e. The fourth-order valence-corrected chi connectivity index (χ4v) is 2.41. The number of nitrogens with one attached hydrogen (secondary N) is 1. The van der Waals surface area contributed by atoms with Crippen LogP contribution in [0.2, 0.25) is 0 Å². The van der Waals surface area contributed by atoms with Crippen LogP contribution in [0.4, 0.5) is 8.78 Å². The van der Waals surface area contributed by atoms with Gasteiger partial charge >= 0.3 is 0 Å². The highest BCUT2D eigenvalue weighted by Gasteiger charge is 2.33. The Labute approximate surface area is 115 Å². The van der Waals surface area contributed by atoms with Crippen molar-refractivity contribution in [2.75, 3.05) is 0 Å². The molecule has 0 radical (unpaired) electrons. The first-order chi connectivity index (χ1) is 9.52. The molecule has 2 N–H and O–H groups in total. The summed E-state index contributed by atoms with van der Waals surface area (Å²) in [6.45, 7) is 0. The van der Waals surface area contributed by atoms with E-state index in [2.05, 4.69) is 5.32 Å². The molecule has 4 nitrogen and oxygen atoms in total. The molecule has 2 rings (SSSR count). The van der Waals surface area contributed by atoms with E-state index in [0.717, 1.165) is 18.6 Å². The minimum absolute atomic E-state index is 0.0882. The number of hydrogen-bond donors (Lipinski definition) is 2. The number of rotatable bonds is 3. The molecule has 0 aliphatic heterocycles. The third-order valence-corrected chi connectivity index (χ3v) is 3.51. The molecule has 1 aliphatic rings. The number of carbonyl (C=O) groups excluding carboxylic acids is 1. The van der Waals surface area contributed by atoms with E-state index in [9.17, 15) is 18.7 Å². The highest BCUT2D eigenvalue weighted by atomic mass is 19.1. The van der Waals surface area contributed by atoms with Gasteiger partial charge in [0, 0.05) is 11.6 Å². The number of aliphatic hydroxyl groups excluding tert-OH is 1. The van der Waals surface area contributed by atoms with Crippen LogP contribution in [0.5, 0.6) is 0 Å². The first kappa shape index (κ1) is 14.4. The lowest BCUT2D eigenvalue weighted by Crippen LogP contribution is -2.37. The zero-order chi connectivity index (χ0) is 14.7. The first-order valence-corrected chi connectivity index (χ1v) is 6.36. The number of nitrogens with zero attached hydrogens (tertiary/aromatic N) is 1. The molecule has 106 valence electrons. The summed E-state index contributed by atoms with van der Waals surface area (Å²) in [5, 5.41) is 21.1. The second kappa shape index (κ2) is 5.97. The van der Waals surface area contributed by atoms with Gasteiger partial charge in [-0.2, -0.15) is 5.26 Å². The van der Waals surface area contributed by atoms with Gasteiger partial charge in [-0.15, -0.1) is 0 Å². The van der Waals surface area contributed by atoms with Crippen LogP contribution < -0.4 is 5.32 Å². The van der Waals surface area contributed by atoms with Crippen LogP contribution >= 0.6 is 0 Å². The van der Waals surface area contributed by atoms with Crippen molar-refractivity contribution < 1.29 is 18.7 Å². The van der Waals surface area contributed by atoms with E-state index >= 15 is 0 Å². The maximum atomic E-state index is 13.6. The molecule has 1 aromatic carbocycles. The summed E-state index contributed by atoms with van der Waals surface area (Å²) >= 11 is 0. The molecule has 0 aromatic heterocycles. The number of benzene rings is 1. The summed E-state index contributed by atoms with van der Waals surface area (Å²) in [4.78, 5) is 12.0. The number of hydrogen-bond acceptors (Lipinski definition) is 3. The van der Waals surface area contributed by atoms with Gasteiger partial charge in [-0.05, 0) is 25.3 Å². The Hall–Kier alpha value is -2.00. The predicted molar refractivity (Wildman–Crippen MR) is 66.2 cm³/mol. The average molecular weight is 280 g/mol. The van der Waals surface area contributed by atoms with Crippen molar-refractivity contribution in [3.8, 4) is 6.07 Å². The van der Waals surface area contributed by atoms with Gasteiger partial charge in [0.1, 0.15) is 17.7 Å². The highest BCUT2D eigenvalue weighted by molar-refractivity contribution is 5.80. The third kappa shape index (κ3) is 2.94. The average Bonchev–Trinajstić information content (AvgIpc) is 2.83. The zero-order valence-electron chi connectivity index (χ0n) is 10.6. The number of carbonyl (C=O) groups is 1. The van der Waals surface area contributed by atoms with Gasteiger partial charge in [0.2, 0.25) is 5.91 Å². The summed E-state index contributed by atoms with van der Waals surface area (Å²) in [7, 11) is 0. The monoisotopic (exact) mass is 280 g/mol. The molecule has 1 aromatic rings. The molecule has 1 fully saturated rings. The normalized spacial score (nSPS) is 23.1. The standard InChI is InChI=1S/C14H14F2N2O2/c15-8-4-5-9(11(16)6-8)12(7-17)18-14(20)10-2-1-3-13(10)19/h4-6,10,12-13,19H,1-3H2,(H,18,20). The van der Waals surface area contributed by atoms with Gasteiger partial charge in [-0.1, -0.05) is 6.07 Å². The Balaban J connectivity index is 2.13. The second-order valence-electron chi connectivity index (χ2n) is 4.84. The summed E-state index contributed by atoms with van der Waals surface area (Å²) in [6, 6.07) is 3.39. The lowest BCUT2D eigenvalue weighted by molar-refractivity contribution is -0.127. The van der Waals surface area contributed by atoms with E-state index in [1.54, 1.807) is 6.07 Å². The van der Waals surface area contributed by atoms with Crippen LogP contribution in [0.1, 0.15) is 30.9 Å². The number of halogens is 2. The molecule has 1 amide bonds. The van der Waals surface area contributed by atoms with E-state index in [-0.39, 0.29) is 5.56 Å². The summed E-state index contributed by atoms with van der Waals surface area (Å²) in [5.74, 6) is -2.69. The molecule has 0 spiro atoms. The number of nitriles is 1. The Kier molecular flexibility index (Phi) is 4.30. The molecule has 0 saturated heterocycles. The van der Waals surface area contributed by atoms with E-state index < -0.39 is 35.6 Å². The van der Waals surface area contributed by atoms with Crippen LogP contribution in [0.3, 0.4) is 0 Å². The third-order valence-electron chi connectivity index (χ3n) is 3.51. The van der Waals surface area contributed by atoms with E-state index in [1.807, 2.05) is 0 Å². The Morgan fingerprint density at radius 1 is 1.45 bits per heavy atom. The molecule has 3 unspecified atom stereocenters. The molecule has 1 aliphatic carbocycles. The largest absolute Gasteiger partial charge is 0.392 e. The van der Waals surface area contributed by atoms with Crippen molar-refractivity contribution >= 4 is 5.91 Å². The molecular formula is C14H14F2N2O2. The van der Waals surface area contributed by atoms with Crippen LogP contribution in [0, 0.1) is 28.9 Å². The maximum absolute atomic E-state index is 13.6.